The summed E-state index contributed by atoms with van der Waals surface area (Å²) < 4.78 is 10.7. The van der Waals surface area contributed by atoms with Gasteiger partial charge in [-0.2, -0.15) is 5.10 Å². The molecule has 0 spiro atoms. The van der Waals surface area contributed by atoms with Crippen LogP contribution in [0.5, 0.6) is 0 Å². The molecule has 3 N–H and O–H groups in total. The minimum atomic E-state index is -0.334. The highest BCUT2D eigenvalue weighted by molar-refractivity contribution is 5.91. The number of aromatic amines is 1. The van der Waals surface area contributed by atoms with E-state index in [0.29, 0.717) is 18.0 Å². The smallest absolute Gasteiger partial charge is 0.407 e. The maximum Gasteiger partial charge on any atom is 0.407 e. The Morgan fingerprint density at radius 3 is 2.79 bits per heavy atom. The topological polar surface area (TPSA) is 122 Å². The maximum atomic E-state index is 12.2. The number of carbonyl (C=O) groups is 2. The van der Waals surface area contributed by atoms with E-state index < -0.39 is 0 Å². The molecule has 2 aromatic rings. The van der Waals surface area contributed by atoms with E-state index in [2.05, 4.69) is 32.9 Å². The summed E-state index contributed by atoms with van der Waals surface area (Å²) in [4.78, 5) is 24.2. The lowest BCUT2D eigenvalue weighted by molar-refractivity contribution is -0.115. The predicted octanol–water partition coefficient (Wildman–Crippen LogP) is 2.98. The van der Waals surface area contributed by atoms with Crippen molar-refractivity contribution >= 4 is 17.8 Å². The van der Waals surface area contributed by atoms with E-state index in [4.69, 9.17) is 9.26 Å². The van der Waals surface area contributed by atoms with Crippen LogP contribution in [0.1, 0.15) is 63.1 Å². The van der Waals surface area contributed by atoms with Crippen LogP contribution in [-0.4, -0.2) is 39.0 Å². The Morgan fingerprint density at radius 1 is 1.31 bits per heavy atom. The van der Waals surface area contributed by atoms with Crippen LogP contribution in [-0.2, 0) is 21.4 Å². The largest absolute Gasteiger partial charge is 0.446 e. The second-order valence-electron chi connectivity index (χ2n) is 8.84. The molecule has 4 rings (SSSR count). The summed E-state index contributed by atoms with van der Waals surface area (Å²) in [5.74, 6) is 0.755. The first-order chi connectivity index (χ1) is 13.7. The molecule has 2 aromatic heterocycles. The van der Waals surface area contributed by atoms with Crippen LogP contribution in [0.4, 0.5) is 10.6 Å². The molecule has 0 aliphatic heterocycles. The molecule has 2 heterocycles. The minimum Gasteiger partial charge on any atom is -0.446 e. The van der Waals surface area contributed by atoms with Gasteiger partial charge in [0.1, 0.15) is 11.9 Å². The van der Waals surface area contributed by atoms with E-state index >= 15 is 0 Å². The second-order valence-corrected chi connectivity index (χ2v) is 8.84. The van der Waals surface area contributed by atoms with Crippen LogP contribution in [0, 0.1) is 6.92 Å². The van der Waals surface area contributed by atoms with Gasteiger partial charge in [-0.3, -0.25) is 9.89 Å². The van der Waals surface area contributed by atoms with E-state index in [1.165, 1.54) is 0 Å². The van der Waals surface area contributed by atoms with Crippen molar-refractivity contribution in [3.05, 3.63) is 29.3 Å². The molecule has 2 aliphatic carbocycles. The fourth-order valence-electron chi connectivity index (χ4n) is 3.81. The molecule has 0 aromatic carbocycles. The molecule has 156 valence electrons. The number of ether oxygens (including phenoxy) is 1. The SMILES string of the molecule is Cc1cc(CC(=O)Nc2cc([C@@]3(C)CC[C@@H](OC(=O)NC4(C)CC4)C3)[nH]n2)on1. The Bertz CT molecular complexity index is 916. The van der Waals surface area contributed by atoms with Crippen molar-refractivity contribution in [3.63, 3.8) is 0 Å². The average Bonchev–Trinajstić information content (AvgIpc) is 3.02. The highest BCUT2D eigenvalue weighted by Crippen LogP contribution is 2.42. The van der Waals surface area contributed by atoms with Crippen LogP contribution in [0.2, 0.25) is 0 Å². The zero-order valence-corrected chi connectivity index (χ0v) is 17.0. The number of hydrogen-bond acceptors (Lipinski definition) is 6. The van der Waals surface area contributed by atoms with E-state index in [1.807, 2.05) is 13.0 Å². The van der Waals surface area contributed by atoms with Crippen LogP contribution in [0.3, 0.4) is 0 Å². The first-order valence-corrected chi connectivity index (χ1v) is 10.00. The van der Waals surface area contributed by atoms with Gasteiger partial charge in [-0.05, 0) is 46.0 Å². The van der Waals surface area contributed by atoms with Crippen LogP contribution >= 0.6 is 0 Å². The van der Waals surface area contributed by atoms with E-state index in [-0.39, 0.29) is 35.5 Å². The number of amides is 2. The summed E-state index contributed by atoms with van der Waals surface area (Å²) in [6.07, 6.45) is 4.03. The van der Waals surface area contributed by atoms with Crippen molar-refractivity contribution in [1.29, 1.82) is 0 Å². The summed E-state index contributed by atoms with van der Waals surface area (Å²) in [6.45, 7) is 5.95. The molecule has 2 amide bonds. The summed E-state index contributed by atoms with van der Waals surface area (Å²) in [5, 5.41) is 16.7. The van der Waals surface area contributed by atoms with Gasteiger partial charge in [0.05, 0.1) is 12.1 Å². The molecule has 0 unspecified atom stereocenters. The molecular formula is C20H27N5O4. The summed E-state index contributed by atoms with van der Waals surface area (Å²) in [7, 11) is 0. The standard InChI is InChI=1S/C20H27N5O4/c1-12-8-14(29-25-12)9-17(26)21-16-10-15(23-24-16)19(2)5-4-13(11-19)28-18(27)22-20(3)6-7-20/h8,10,13H,4-7,9,11H2,1-3H3,(H,22,27)(H2,21,23,24,26)/t13-,19+/m1/s1. The minimum absolute atomic E-state index is 0.0835. The van der Waals surface area contributed by atoms with Gasteiger partial charge in [0, 0.05) is 28.8 Å². The maximum absolute atomic E-state index is 12.2. The lowest BCUT2D eigenvalue weighted by Crippen LogP contribution is -2.36. The molecule has 29 heavy (non-hydrogen) atoms. The van der Waals surface area contributed by atoms with Gasteiger partial charge in [0.2, 0.25) is 5.91 Å². The molecule has 0 saturated heterocycles. The number of nitrogens with zero attached hydrogens (tertiary/aromatic N) is 2. The molecule has 2 aliphatic rings. The second kappa shape index (κ2) is 7.20. The third-order valence-corrected chi connectivity index (χ3v) is 5.88. The zero-order valence-electron chi connectivity index (χ0n) is 17.0. The number of aryl methyl sites for hydroxylation is 1. The molecule has 2 fully saturated rings. The van der Waals surface area contributed by atoms with Gasteiger partial charge in [0.25, 0.3) is 0 Å². The first kappa shape index (κ1) is 19.5. The van der Waals surface area contributed by atoms with E-state index in [0.717, 1.165) is 37.1 Å². The fourth-order valence-corrected chi connectivity index (χ4v) is 3.81. The highest BCUT2D eigenvalue weighted by Gasteiger charge is 2.42. The van der Waals surface area contributed by atoms with Crippen molar-refractivity contribution in [2.75, 3.05) is 5.32 Å². The predicted molar refractivity (Wildman–Crippen MR) is 104 cm³/mol. The van der Waals surface area contributed by atoms with Crippen molar-refractivity contribution in [1.82, 2.24) is 20.7 Å². The van der Waals surface area contributed by atoms with Crippen LogP contribution in [0.15, 0.2) is 16.7 Å². The number of alkyl carbamates (subject to hydrolysis) is 1. The number of H-pyrrole nitrogens is 1. The third kappa shape index (κ3) is 4.60. The number of anilines is 1. The zero-order chi connectivity index (χ0) is 20.6. The monoisotopic (exact) mass is 401 g/mol. The molecule has 2 saturated carbocycles. The van der Waals surface area contributed by atoms with Gasteiger partial charge in [-0.15, -0.1) is 0 Å². The average molecular weight is 401 g/mol. The Balaban J connectivity index is 1.31. The van der Waals surface area contributed by atoms with E-state index in [9.17, 15) is 9.59 Å². The molecule has 9 nitrogen and oxygen atoms in total. The lowest BCUT2D eigenvalue weighted by atomic mass is 9.85. The van der Waals surface area contributed by atoms with Crippen LogP contribution < -0.4 is 10.6 Å². The third-order valence-electron chi connectivity index (χ3n) is 5.88. The quantitative estimate of drug-likeness (QED) is 0.684. The number of nitrogens with one attached hydrogen (secondary N) is 3. The van der Waals surface area contributed by atoms with Crippen molar-refractivity contribution in [2.24, 2.45) is 0 Å². The number of rotatable bonds is 6. The van der Waals surface area contributed by atoms with Crippen LogP contribution in [0.25, 0.3) is 0 Å². The Kier molecular flexibility index (Phi) is 4.84. The Labute approximate surface area is 168 Å². The molecule has 0 bridgehead atoms. The fraction of sp³-hybridized carbons (Fsp3) is 0.600. The Hall–Kier alpha value is -2.84. The van der Waals surface area contributed by atoms with Gasteiger partial charge in [-0.1, -0.05) is 12.1 Å². The number of hydrogen-bond donors (Lipinski definition) is 3. The van der Waals surface area contributed by atoms with Gasteiger partial charge < -0.3 is 19.9 Å². The molecule has 0 radical (unpaired) electrons. The first-order valence-electron chi connectivity index (χ1n) is 10.00. The van der Waals surface area contributed by atoms with Gasteiger partial charge >= 0.3 is 6.09 Å². The number of aromatic nitrogens is 3. The number of carbonyl (C=O) groups excluding carboxylic acids is 2. The van der Waals surface area contributed by atoms with Crippen molar-refractivity contribution in [3.8, 4) is 0 Å². The summed E-state index contributed by atoms with van der Waals surface area (Å²) >= 11 is 0. The Morgan fingerprint density at radius 2 is 2.10 bits per heavy atom. The molecule has 9 heteroatoms. The van der Waals surface area contributed by atoms with Gasteiger partial charge in [0.15, 0.2) is 5.82 Å². The summed E-state index contributed by atoms with van der Waals surface area (Å²) in [5.41, 5.74) is 1.39. The summed E-state index contributed by atoms with van der Waals surface area (Å²) in [6, 6.07) is 3.58. The highest BCUT2D eigenvalue weighted by atomic mass is 16.6. The molecular weight excluding hydrogens is 374 g/mol. The lowest BCUT2D eigenvalue weighted by Gasteiger charge is -2.22. The normalized spacial score (nSPS) is 24.9. The van der Waals surface area contributed by atoms with E-state index in [1.54, 1.807) is 13.0 Å². The van der Waals surface area contributed by atoms with Crippen molar-refractivity contribution < 1.29 is 18.8 Å². The van der Waals surface area contributed by atoms with Crippen molar-refractivity contribution in [2.45, 2.75) is 76.4 Å². The molecule has 2 atom stereocenters. The van der Waals surface area contributed by atoms with Gasteiger partial charge in [-0.25, -0.2) is 4.79 Å².